The van der Waals surface area contributed by atoms with Crippen molar-refractivity contribution >= 4 is 5.69 Å². The number of benzene rings is 2. The molecule has 112 valence electrons. The van der Waals surface area contributed by atoms with Crippen LogP contribution in [0.25, 0.3) is 0 Å². The highest BCUT2D eigenvalue weighted by molar-refractivity contribution is 5.57. The normalized spacial score (nSPS) is 16.1. The summed E-state index contributed by atoms with van der Waals surface area (Å²) >= 11 is 0. The summed E-state index contributed by atoms with van der Waals surface area (Å²) in [5, 5.41) is 12.7. The minimum Gasteiger partial charge on any atom is -0.381 e. The number of anilines is 1. The molecule has 22 heavy (non-hydrogen) atoms. The summed E-state index contributed by atoms with van der Waals surface area (Å²) in [6.07, 6.45) is 2.24. The first-order valence-corrected chi connectivity index (χ1v) is 7.87. The highest BCUT2D eigenvalue weighted by atomic mass is 15.1. The van der Waals surface area contributed by atoms with Crippen LogP contribution < -0.4 is 5.32 Å². The fraction of sp³-hybridized carbons (Fsp3) is 0.316. The van der Waals surface area contributed by atoms with Crippen molar-refractivity contribution < 1.29 is 0 Å². The molecule has 2 aromatic carbocycles. The van der Waals surface area contributed by atoms with Gasteiger partial charge in [0.05, 0.1) is 11.3 Å². The number of hydrogen-bond donors (Lipinski definition) is 1. The van der Waals surface area contributed by atoms with E-state index in [1.165, 1.54) is 5.56 Å². The zero-order valence-corrected chi connectivity index (χ0v) is 12.7. The van der Waals surface area contributed by atoms with Gasteiger partial charge in [0, 0.05) is 25.7 Å². The zero-order chi connectivity index (χ0) is 15.2. The molecule has 1 saturated heterocycles. The summed E-state index contributed by atoms with van der Waals surface area (Å²) in [4.78, 5) is 2.50. The van der Waals surface area contributed by atoms with E-state index in [1.807, 2.05) is 24.3 Å². The first-order valence-electron chi connectivity index (χ1n) is 7.87. The smallest absolute Gasteiger partial charge is 0.101 e. The maximum absolute atomic E-state index is 9.16. The van der Waals surface area contributed by atoms with Crippen LogP contribution in [0.4, 0.5) is 5.69 Å². The Morgan fingerprint density at radius 2 is 1.68 bits per heavy atom. The Morgan fingerprint density at radius 1 is 1.00 bits per heavy atom. The minimum atomic E-state index is 0.460. The number of likely N-dealkylation sites (tertiary alicyclic amines) is 1. The molecule has 0 radical (unpaired) electrons. The van der Waals surface area contributed by atoms with E-state index in [1.54, 1.807) is 0 Å². The second-order valence-electron chi connectivity index (χ2n) is 5.84. The average molecular weight is 291 g/mol. The van der Waals surface area contributed by atoms with E-state index < -0.39 is 0 Å². The predicted octanol–water partition coefficient (Wildman–Crippen LogP) is 3.63. The molecule has 1 aliphatic rings. The van der Waals surface area contributed by atoms with Crippen molar-refractivity contribution in [1.82, 2.24) is 4.90 Å². The van der Waals surface area contributed by atoms with Crippen LogP contribution in [-0.2, 0) is 6.54 Å². The van der Waals surface area contributed by atoms with Gasteiger partial charge < -0.3 is 5.32 Å². The van der Waals surface area contributed by atoms with Crippen LogP contribution in [-0.4, -0.2) is 24.0 Å². The van der Waals surface area contributed by atoms with Crippen molar-refractivity contribution in [1.29, 1.82) is 5.26 Å². The molecule has 2 aromatic rings. The summed E-state index contributed by atoms with van der Waals surface area (Å²) in [6.45, 7) is 3.23. The van der Waals surface area contributed by atoms with E-state index in [9.17, 15) is 0 Å². The molecule has 3 nitrogen and oxygen atoms in total. The summed E-state index contributed by atoms with van der Waals surface area (Å²) in [6, 6.07) is 21.1. The van der Waals surface area contributed by atoms with Gasteiger partial charge in [-0.15, -0.1) is 0 Å². The van der Waals surface area contributed by atoms with Gasteiger partial charge in [0.25, 0.3) is 0 Å². The molecule has 0 bridgehead atoms. The lowest BCUT2D eigenvalue weighted by Gasteiger charge is -2.33. The van der Waals surface area contributed by atoms with Crippen LogP contribution in [0, 0.1) is 11.3 Å². The van der Waals surface area contributed by atoms with Crippen molar-refractivity contribution in [2.75, 3.05) is 18.4 Å². The Kier molecular flexibility index (Phi) is 4.72. The van der Waals surface area contributed by atoms with Crippen molar-refractivity contribution in [3.05, 3.63) is 65.7 Å². The fourth-order valence-corrected chi connectivity index (χ4v) is 3.00. The van der Waals surface area contributed by atoms with E-state index in [4.69, 9.17) is 5.26 Å². The predicted molar refractivity (Wildman–Crippen MR) is 89.5 cm³/mol. The molecule has 1 aliphatic heterocycles. The highest BCUT2D eigenvalue weighted by Crippen LogP contribution is 2.20. The monoisotopic (exact) mass is 291 g/mol. The van der Waals surface area contributed by atoms with Gasteiger partial charge in [-0.1, -0.05) is 42.5 Å². The van der Waals surface area contributed by atoms with E-state index in [0.29, 0.717) is 6.04 Å². The van der Waals surface area contributed by atoms with E-state index in [-0.39, 0.29) is 0 Å². The Balaban J connectivity index is 1.53. The van der Waals surface area contributed by atoms with E-state index in [0.717, 1.165) is 43.7 Å². The van der Waals surface area contributed by atoms with Crippen molar-refractivity contribution in [3.63, 3.8) is 0 Å². The number of nitriles is 1. The van der Waals surface area contributed by atoms with Crippen LogP contribution in [0.1, 0.15) is 24.0 Å². The lowest BCUT2D eigenvalue weighted by atomic mass is 10.0. The fourth-order valence-electron chi connectivity index (χ4n) is 3.00. The quantitative estimate of drug-likeness (QED) is 0.935. The number of nitrogens with one attached hydrogen (secondary N) is 1. The Bertz CT molecular complexity index is 637. The lowest BCUT2D eigenvalue weighted by Crippen LogP contribution is -2.38. The molecule has 0 saturated carbocycles. The first kappa shape index (κ1) is 14.6. The van der Waals surface area contributed by atoms with Gasteiger partial charge in [0.1, 0.15) is 6.07 Å². The molecule has 3 heteroatoms. The average Bonchev–Trinajstić information content (AvgIpc) is 2.58. The molecule has 0 aliphatic carbocycles. The first-order chi connectivity index (χ1) is 10.8. The third kappa shape index (κ3) is 3.66. The Labute approximate surface area is 132 Å². The topological polar surface area (TPSA) is 39.1 Å². The number of piperidine rings is 1. The molecule has 1 fully saturated rings. The summed E-state index contributed by atoms with van der Waals surface area (Å²) in [5.41, 5.74) is 3.07. The molecule has 3 rings (SSSR count). The maximum atomic E-state index is 9.16. The van der Waals surface area contributed by atoms with Crippen LogP contribution in [0.3, 0.4) is 0 Å². The molecule has 0 unspecified atom stereocenters. The molecule has 0 spiro atoms. The highest BCUT2D eigenvalue weighted by Gasteiger charge is 2.19. The largest absolute Gasteiger partial charge is 0.381 e. The van der Waals surface area contributed by atoms with Crippen molar-refractivity contribution in [2.24, 2.45) is 0 Å². The molecule has 1 N–H and O–H groups in total. The lowest BCUT2D eigenvalue weighted by molar-refractivity contribution is 0.211. The van der Waals surface area contributed by atoms with Gasteiger partial charge in [-0.25, -0.2) is 0 Å². The van der Waals surface area contributed by atoms with Gasteiger partial charge in [-0.05, 0) is 30.5 Å². The minimum absolute atomic E-state index is 0.460. The molecule has 0 aromatic heterocycles. The summed E-state index contributed by atoms with van der Waals surface area (Å²) in [7, 11) is 0. The zero-order valence-electron chi connectivity index (χ0n) is 12.7. The molecule has 0 atom stereocenters. The second kappa shape index (κ2) is 7.11. The maximum Gasteiger partial charge on any atom is 0.101 e. The van der Waals surface area contributed by atoms with Crippen LogP contribution >= 0.6 is 0 Å². The van der Waals surface area contributed by atoms with Gasteiger partial charge in [0.15, 0.2) is 0 Å². The Hall–Kier alpha value is -2.31. The molecule has 0 amide bonds. The standard InChI is InChI=1S/C19H21N3/c20-14-17-8-4-5-9-19(17)21-18-10-12-22(13-11-18)15-16-6-2-1-3-7-16/h1-9,18,21H,10-13,15H2. The molecular weight excluding hydrogens is 270 g/mol. The van der Waals surface area contributed by atoms with E-state index >= 15 is 0 Å². The van der Waals surface area contributed by atoms with Crippen molar-refractivity contribution in [2.45, 2.75) is 25.4 Å². The van der Waals surface area contributed by atoms with Crippen LogP contribution in [0.5, 0.6) is 0 Å². The number of hydrogen-bond acceptors (Lipinski definition) is 3. The number of nitrogens with zero attached hydrogens (tertiary/aromatic N) is 2. The van der Waals surface area contributed by atoms with Gasteiger partial charge in [-0.3, -0.25) is 4.90 Å². The van der Waals surface area contributed by atoms with Crippen LogP contribution in [0.15, 0.2) is 54.6 Å². The third-order valence-corrected chi connectivity index (χ3v) is 4.24. The number of rotatable bonds is 4. The second-order valence-corrected chi connectivity index (χ2v) is 5.84. The summed E-state index contributed by atoms with van der Waals surface area (Å²) < 4.78 is 0. The van der Waals surface area contributed by atoms with Crippen LogP contribution in [0.2, 0.25) is 0 Å². The van der Waals surface area contributed by atoms with E-state index in [2.05, 4.69) is 46.6 Å². The molecular formula is C19H21N3. The van der Waals surface area contributed by atoms with Gasteiger partial charge >= 0.3 is 0 Å². The van der Waals surface area contributed by atoms with Gasteiger partial charge in [-0.2, -0.15) is 5.26 Å². The molecule has 1 heterocycles. The van der Waals surface area contributed by atoms with Crippen molar-refractivity contribution in [3.8, 4) is 6.07 Å². The SMILES string of the molecule is N#Cc1ccccc1NC1CCN(Cc2ccccc2)CC1. The van der Waals surface area contributed by atoms with Gasteiger partial charge in [0.2, 0.25) is 0 Å². The summed E-state index contributed by atoms with van der Waals surface area (Å²) in [5.74, 6) is 0. The Morgan fingerprint density at radius 3 is 2.41 bits per heavy atom. The number of para-hydroxylation sites is 1. The third-order valence-electron chi connectivity index (χ3n) is 4.24.